The first-order chi connectivity index (χ1) is 13.0. The molecule has 1 aromatic carbocycles. The van der Waals surface area contributed by atoms with E-state index < -0.39 is 0 Å². The second kappa shape index (κ2) is 7.19. The number of carbonyl (C=O) groups is 1. The minimum absolute atomic E-state index is 0.0967. The monoisotopic (exact) mass is 371 g/mol. The lowest BCUT2D eigenvalue weighted by Crippen LogP contribution is -2.52. The van der Waals surface area contributed by atoms with Crippen molar-refractivity contribution in [3.05, 3.63) is 41.5 Å². The lowest BCUT2D eigenvalue weighted by molar-refractivity contribution is 0.0902. The molecule has 1 aromatic heterocycles. The lowest BCUT2D eigenvalue weighted by atomic mass is 10.1. The summed E-state index contributed by atoms with van der Waals surface area (Å²) < 4.78 is 5.48. The van der Waals surface area contributed by atoms with Crippen molar-refractivity contribution >= 4 is 6.03 Å². The molecule has 2 fully saturated rings. The molecule has 0 bridgehead atoms. The summed E-state index contributed by atoms with van der Waals surface area (Å²) in [5, 5.41) is 16.7. The first kappa shape index (κ1) is 17.8. The van der Waals surface area contributed by atoms with E-state index in [1.165, 1.54) is 0 Å². The van der Waals surface area contributed by atoms with Crippen LogP contribution in [0.25, 0.3) is 0 Å². The van der Waals surface area contributed by atoms with E-state index in [0.29, 0.717) is 24.9 Å². The van der Waals surface area contributed by atoms with E-state index in [1.807, 2.05) is 20.0 Å². The predicted molar refractivity (Wildman–Crippen MR) is 98.3 cm³/mol. The highest BCUT2D eigenvalue weighted by Crippen LogP contribution is 2.38. The number of rotatable bonds is 4. The van der Waals surface area contributed by atoms with Crippen LogP contribution in [0.5, 0.6) is 5.75 Å². The number of hydrogen-bond acceptors (Lipinski definition) is 6. The largest absolute Gasteiger partial charge is 0.508 e. The molecule has 2 atom stereocenters. The van der Waals surface area contributed by atoms with E-state index in [-0.39, 0.29) is 23.9 Å². The number of likely N-dealkylation sites (N-methyl/N-ethyl adjacent to an activating group) is 1. The van der Waals surface area contributed by atoms with Gasteiger partial charge in [-0.15, -0.1) is 0 Å². The van der Waals surface area contributed by atoms with Crippen LogP contribution < -0.4 is 5.32 Å². The Morgan fingerprint density at radius 3 is 2.93 bits per heavy atom. The Morgan fingerprint density at radius 2 is 2.19 bits per heavy atom. The average molecular weight is 371 g/mol. The summed E-state index contributed by atoms with van der Waals surface area (Å²) in [5.41, 5.74) is 0.861. The second-order valence-corrected chi connectivity index (χ2v) is 7.47. The molecule has 0 radical (unpaired) electrons. The quantitative estimate of drug-likeness (QED) is 0.857. The average Bonchev–Trinajstić information content (AvgIpc) is 3.39. The number of benzene rings is 1. The van der Waals surface area contributed by atoms with Gasteiger partial charge in [0, 0.05) is 25.6 Å². The van der Waals surface area contributed by atoms with E-state index in [9.17, 15) is 9.90 Å². The van der Waals surface area contributed by atoms with Crippen LogP contribution in [-0.4, -0.2) is 57.8 Å². The maximum absolute atomic E-state index is 12.7. The number of hydrogen-bond donors (Lipinski definition) is 2. The highest BCUT2D eigenvalue weighted by atomic mass is 16.5. The zero-order chi connectivity index (χ0) is 19.0. The van der Waals surface area contributed by atoms with Crippen molar-refractivity contribution in [3.63, 3.8) is 0 Å². The molecule has 8 heteroatoms. The summed E-state index contributed by atoms with van der Waals surface area (Å²) in [6.45, 7) is 3.77. The Morgan fingerprint density at radius 1 is 1.37 bits per heavy atom. The number of carbonyl (C=O) groups excluding carboxylic acids is 1. The first-order valence-corrected chi connectivity index (χ1v) is 9.39. The molecule has 2 heterocycles. The number of urea groups is 1. The van der Waals surface area contributed by atoms with Crippen molar-refractivity contribution in [2.24, 2.45) is 0 Å². The van der Waals surface area contributed by atoms with Gasteiger partial charge in [-0.2, -0.15) is 4.98 Å². The molecule has 1 saturated carbocycles. The molecule has 27 heavy (non-hydrogen) atoms. The van der Waals surface area contributed by atoms with Gasteiger partial charge < -0.3 is 19.8 Å². The van der Waals surface area contributed by atoms with Crippen LogP contribution >= 0.6 is 0 Å². The summed E-state index contributed by atoms with van der Waals surface area (Å²) in [7, 11) is 2.01. The van der Waals surface area contributed by atoms with Crippen LogP contribution in [0.4, 0.5) is 4.79 Å². The first-order valence-electron chi connectivity index (χ1n) is 9.39. The Labute approximate surface area is 158 Å². The van der Waals surface area contributed by atoms with Gasteiger partial charge in [-0.25, -0.2) is 4.79 Å². The molecule has 2 aliphatic rings. The van der Waals surface area contributed by atoms with Crippen molar-refractivity contribution < 1.29 is 14.4 Å². The van der Waals surface area contributed by atoms with Crippen molar-refractivity contribution in [2.45, 2.75) is 37.8 Å². The summed E-state index contributed by atoms with van der Waals surface area (Å²) in [5.74, 6) is 2.01. The van der Waals surface area contributed by atoms with E-state index in [2.05, 4.69) is 20.4 Å². The number of aromatic nitrogens is 2. The summed E-state index contributed by atoms with van der Waals surface area (Å²) in [6.07, 6.45) is 2.25. The van der Waals surface area contributed by atoms with Crippen molar-refractivity contribution in [1.82, 2.24) is 25.3 Å². The molecule has 1 saturated heterocycles. The zero-order valence-electron chi connectivity index (χ0n) is 15.6. The minimum Gasteiger partial charge on any atom is -0.508 e. The molecular weight excluding hydrogens is 346 g/mol. The number of phenols is 1. The fourth-order valence-corrected chi connectivity index (χ4v) is 3.37. The Balaban J connectivity index is 1.41. The maximum Gasteiger partial charge on any atom is 0.317 e. The smallest absolute Gasteiger partial charge is 0.317 e. The number of phenolic OH excluding ortho intramolecular Hbond substituents is 1. The molecule has 2 amide bonds. The van der Waals surface area contributed by atoms with Crippen LogP contribution in [0.15, 0.2) is 28.8 Å². The van der Waals surface area contributed by atoms with Crippen LogP contribution in [0.3, 0.4) is 0 Å². The van der Waals surface area contributed by atoms with Gasteiger partial charge in [0.2, 0.25) is 5.89 Å². The summed E-state index contributed by atoms with van der Waals surface area (Å²) in [6, 6.07) is 6.50. The second-order valence-electron chi connectivity index (χ2n) is 7.47. The topological polar surface area (TPSA) is 94.7 Å². The number of aromatic hydroxyl groups is 1. The number of piperazine rings is 1. The van der Waals surface area contributed by atoms with Crippen LogP contribution in [0.1, 0.15) is 55.0 Å². The molecular formula is C19H25N5O3. The summed E-state index contributed by atoms with van der Waals surface area (Å²) >= 11 is 0. The van der Waals surface area contributed by atoms with E-state index >= 15 is 0 Å². The van der Waals surface area contributed by atoms with Gasteiger partial charge >= 0.3 is 6.03 Å². The zero-order valence-corrected chi connectivity index (χ0v) is 15.6. The Bertz CT molecular complexity index is 819. The van der Waals surface area contributed by atoms with E-state index in [4.69, 9.17) is 4.52 Å². The van der Waals surface area contributed by atoms with Gasteiger partial charge in [0.25, 0.3) is 0 Å². The normalized spacial score (nSPS) is 21.9. The van der Waals surface area contributed by atoms with E-state index in [0.717, 1.165) is 30.8 Å². The van der Waals surface area contributed by atoms with Crippen molar-refractivity contribution in [1.29, 1.82) is 0 Å². The molecule has 1 unspecified atom stereocenters. The van der Waals surface area contributed by atoms with Gasteiger partial charge in [0.05, 0.1) is 6.04 Å². The molecule has 2 aromatic rings. The third kappa shape index (κ3) is 3.90. The Hall–Kier alpha value is -2.61. The minimum atomic E-state index is -0.201. The van der Waals surface area contributed by atoms with Crippen molar-refractivity contribution in [3.8, 4) is 5.75 Å². The number of amides is 2. The van der Waals surface area contributed by atoms with Gasteiger partial charge in [-0.1, -0.05) is 17.3 Å². The van der Waals surface area contributed by atoms with Crippen LogP contribution in [-0.2, 0) is 0 Å². The molecule has 8 nitrogen and oxygen atoms in total. The van der Waals surface area contributed by atoms with Crippen molar-refractivity contribution in [2.75, 3.05) is 26.7 Å². The Kier molecular flexibility index (Phi) is 4.73. The van der Waals surface area contributed by atoms with Gasteiger partial charge in [0.15, 0.2) is 5.82 Å². The van der Waals surface area contributed by atoms with Crippen LogP contribution in [0.2, 0.25) is 0 Å². The third-order valence-corrected chi connectivity index (χ3v) is 5.33. The fourth-order valence-electron chi connectivity index (χ4n) is 3.37. The molecule has 144 valence electrons. The predicted octanol–water partition coefficient (Wildman–Crippen LogP) is 2.41. The molecule has 2 N–H and O–H groups in total. The van der Waals surface area contributed by atoms with E-state index in [1.54, 1.807) is 23.1 Å². The lowest BCUT2D eigenvalue weighted by Gasteiger charge is -2.37. The summed E-state index contributed by atoms with van der Waals surface area (Å²) in [4.78, 5) is 21.2. The third-order valence-electron chi connectivity index (χ3n) is 5.33. The number of nitrogens with one attached hydrogen (secondary N) is 1. The fraction of sp³-hybridized carbons (Fsp3) is 0.526. The molecule has 0 spiro atoms. The SMILES string of the molecule is C[C@H](NC(=O)N1CCN(C)C(c2nc(C3CC3)no2)C1)c1cccc(O)c1. The highest BCUT2D eigenvalue weighted by Gasteiger charge is 2.35. The maximum atomic E-state index is 12.7. The van der Waals surface area contributed by atoms with Gasteiger partial charge in [-0.3, -0.25) is 4.90 Å². The van der Waals surface area contributed by atoms with Gasteiger partial charge in [0.1, 0.15) is 11.8 Å². The molecule has 4 rings (SSSR count). The van der Waals surface area contributed by atoms with Gasteiger partial charge in [-0.05, 0) is 44.5 Å². The number of nitrogens with zero attached hydrogens (tertiary/aromatic N) is 4. The molecule has 1 aliphatic carbocycles. The standard InChI is InChI=1S/C19H25N5O3/c1-12(14-4-3-5-15(25)10-14)20-19(26)24-9-8-23(2)16(11-24)18-21-17(22-27-18)13-6-7-13/h3-5,10,12-13,16,25H,6-9,11H2,1-2H3,(H,20,26)/t12-,16?/m0/s1. The molecule has 1 aliphatic heterocycles. The highest BCUT2D eigenvalue weighted by molar-refractivity contribution is 5.75. The van der Waals surface area contributed by atoms with Crippen LogP contribution in [0, 0.1) is 0 Å².